The van der Waals surface area contributed by atoms with E-state index in [1.165, 1.54) is 5.56 Å². The molecule has 0 saturated heterocycles. The molecule has 28 heavy (non-hydrogen) atoms. The van der Waals surface area contributed by atoms with Gasteiger partial charge in [-0.05, 0) is 35.4 Å². The SMILES string of the molecule is CN(C)C(=O)c1ccc(-c2cc3cnc(Cl)cc3n2Cc2ccccc2)cc1. The van der Waals surface area contributed by atoms with E-state index in [0.29, 0.717) is 10.7 Å². The second-order valence-electron chi connectivity index (χ2n) is 6.94. The second-order valence-corrected chi connectivity index (χ2v) is 7.33. The molecule has 0 aliphatic carbocycles. The number of carbonyl (C=O) groups is 1. The van der Waals surface area contributed by atoms with Crippen molar-refractivity contribution >= 4 is 28.4 Å². The normalized spacial score (nSPS) is 11.0. The molecule has 4 aromatic rings. The summed E-state index contributed by atoms with van der Waals surface area (Å²) >= 11 is 6.17. The van der Waals surface area contributed by atoms with Gasteiger partial charge in [0.25, 0.3) is 5.91 Å². The highest BCUT2D eigenvalue weighted by molar-refractivity contribution is 6.30. The first-order chi connectivity index (χ1) is 13.5. The number of fused-ring (bicyclic) bond motifs is 1. The van der Waals surface area contributed by atoms with Crippen molar-refractivity contribution in [3.8, 4) is 11.3 Å². The minimum absolute atomic E-state index is 0.00707. The average Bonchev–Trinajstić information content (AvgIpc) is 3.06. The molecule has 1 amide bonds. The predicted octanol–water partition coefficient (Wildman–Crippen LogP) is 5.11. The number of benzene rings is 2. The van der Waals surface area contributed by atoms with E-state index < -0.39 is 0 Å². The zero-order valence-electron chi connectivity index (χ0n) is 15.8. The summed E-state index contributed by atoms with van der Waals surface area (Å²) in [4.78, 5) is 18.0. The average molecular weight is 390 g/mol. The van der Waals surface area contributed by atoms with Gasteiger partial charge in [-0.1, -0.05) is 54.1 Å². The van der Waals surface area contributed by atoms with Gasteiger partial charge in [-0.15, -0.1) is 0 Å². The third-order valence-electron chi connectivity index (χ3n) is 4.77. The van der Waals surface area contributed by atoms with Crippen LogP contribution in [-0.4, -0.2) is 34.5 Å². The highest BCUT2D eigenvalue weighted by Crippen LogP contribution is 2.30. The van der Waals surface area contributed by atoms with Crippen LogP contribution in [0.1, 0.15) is 15.9 Å². The van der Waals surface area contributed by atoms with Crippen LogP contribution in [0.15, 0.2) is 72.9 Å². The molecule has 2 heterocycles. The van der Waals surface area contributed by atoms with Crippen molar-refractivity contribution in [3.05, 3.63) is 89.2 Å². The summed E-state index contributed by atoms with van der Waals surface area (Å²) in [6.07, 6.45) is 1.80. The Kier molecular flexibility index (Phi) is 4.88. The van der Waals surface area contributed by atoms with Crippen LogP contribution in [-0.2, 0) is 6.54 Å². The Labute approximate surface area is 169 Å². The van der Waals surface area contributed by atoms with Crippen LogP contribution in [0.3, 0.4) is 0 Å². The largest absolute Gasteiger partial charge is 0.345 e. The van der Waals surface area contributed by atoms with Crippen LogP contribution in [0.25, 0.3) is 22.2 Å². The van der Waals surface area contributed by atoms with E-state index in [4.69, 9.17) is 11.6 Å². The van der Waals surface area contributed by atoms with Crippen LogP contribution in [0, 0.1) is 0 Å². The van der Waals surface area contributed by atoms with E-state index >= 15 is 0 Å². The van der Waals surface area contributed by atoms with E-state index in [1.807, 2.05) is 48.5 Å². The molecule has 140 valence electrons. The first-order valence-corrected chi connectivity index (χ1v) is 9.41. The van der Waals surface area contributed by atoms with Crippen molar-refractivity contribution < 1.29 is 4.79 Å². The minimum atomic E-state index is -0.00707. The van der Waals surface area contributed by atoms with E-state index in [2.05, 4.69) is 27.8 Å². The molecule has 0 radical (unpaired) electrons. The molecule has 2 aromatic carbocycles. The fraction of sp³-hybridized carbons (Fsp3) is 0.130. The second kappa shape index (κ2) is 7.49. The van der Waals surface area contributed by atoms with Crippen LogP contribution in [0.5, 0.6) is 0 Å². The van der Waals surface area contributed by atoms with E-state index in [9.17, 15) is 4.79 Å². The first-order valence-electron chi connectivity index (χ1n) is 9.04. The van der Waals surface area contributed by atoms with E-state index in [0.717, 1.165) is 28.7 Å². The summed E-state index contributed by atoms with van der Waals surface area (Å²) in [7, 11) is 3.51. The molecular weight excluding hydrogens is 370 g/mol. The van der Waals surface area contributed by atoms with Gasteiger partial charge in [0.05, 0.1) is 5.52 Å². The summed E-state index contributed by atoms with van der Waals surface area (Å²) in [6.45, 7) is 0.721. The van der Waals surface area contributed by atoms with Crippen molar-refractivity contribution in [2.45, 2.75) is 6.54 Å². The third-order valence-corrected chi connectivity index (χ3v) is 4.98. The molecular formula is C23H20ClN3O. The Morgan fingerprint density at radius 3 is 2.43 bits per heavy atom. The summed E-state index contributed by atoms with van der Waals surface area (Å²) in [5.41, 5.74) is 5.01. The molecule has 0 bridgehead atoms. The molecule has 0 aliphatic rings. The Balaban J connectivity index is 1.82. The molecule has 0 N–H and O–H groups in total. The van der Waals surface area contributed by atoms with Gasteiger partial charge in [-0.3, -0.25) is 4.79 Å². The molecule has 0 saturated carbocycles. The van der Waals surface area contributed by atoms with Crippen LogP contribution < -0.4 is 0 Å². The van der Waals surface area contributed by atoms with E-state index in [-0.39, 0.29) is 5.91 Å². The molecule has 4 nitrogen and oxygen atoms in total. The summed E-state index contributed by atoms with van der Waals surface area (Å²) in [5, 5.41) is 1.50. The topological polar surface area (TPSA) is 38.1 Å². The lowest BCUT2D eigenvalue weighted by molar-refractivity contribution is 0.0827. The minimum Gasteiger partial charge on any atom is -0.345 e. The van der Waals surface area contributed by atoms with Crippen molar-refractivity contribution in [1.29, 1.82) is 0 Å². The Morgan fingerprint density at radius 2 is 1.75 bits per heavy atom. The molecule has 4 rings (SSSR count). The summed E-state index contributed by atoms with van der Waals surface area (Å²) in [6, 6.07) is 22.0. The van der Waals surface area contributed by atoms with Crippen LogP contribution in [0.4, 0.5) is 0 Å². The van der Waals surface area contributed by atoms with Gasteiger partial charge in [0.15, 0.2) is 0 Å². The number of amides is 1. The molecule has 2 aromatic heterocycles. The molecule has 0 spiro atoms. The van der Waals surface area contributed by atoms with Crippen LogP contribution >= 0.6 is 11.6 Å². The highest BCUT2D eigenvalue weighted by atomic mass is 35.5. The van der Waals surface area contributed by atoms with E-state index in [1.54, 1.807) is 25.2 Å². The number of hydrogen-bond donors (Lipinski definition) is 0. The molecule has 5 heteroatoms. The molecule has 0 atom stereocenters. The molecule has 0 aliphatic heterocycles. The smallest absolute Gasteiger partial charge is 0.253 e. The monoisotopic (exact) mass is 389 g/mol. The standard InChI is InChI=1S/C23H20ClN3O/c1-26(2)23(28)18-10-8-17(9-11-18)20-12-19-14-25-22(24)13-21(19)27(20)15-16-6-4-3-5-7-16/h3-14H,15H2,1-2H3. The quantitative estimate of drug-likeness (QED) is 0.455. The van der Waals surface area contributed by atoms with Gasteiger partial charge < -0.3 is 9.47 Å². The fourth-order valence-electron chi connectivity index (χ4n) is 3.35. The number of rotatable bonds is 4. The molecule has 0 unspecified atom stereocenters. The Hall–Kier alpha value is -3.11. The van der Waals surface area contributed by atoms with Gasteiger partial charge in [-0.2, -0.15) is 0 Å². The van der Waals surface area contributed by atoms with Crippen molar-refractivity contribution in [3.63, 3.8) is 0 Å². The molecule has 0 fully saturated rings. The lowest BCUT2D eigenvalue weighted by Gasteiger charge is -2.13. The lowest BCUT2D eigenvalue weighted by Crippen LogP contribution is -2.21. The Bertz CT molecular complexity index is 1130. The van der Waals surface area contributed by atoms with Crippen molar-refractivity contribution in [1.82, 2.24) is 14.5 Å². The van der Waals surface area contributed by atoms with Gasteiger partial charge in [-0.25, -0.2) is 4.98 Å². The maximum Gasteiger partial charge on any atom is 0.253 e. The Morgan fingerprint density at radius 1 is 1.04 bits per heavy atom. The maximum atomic E-state index is 12.2. The van der Waals surface area contributed by atoms with Gasteiger partial charge >= 0.3 is 0 Å². The number of aromatic nitrogens is 2. The van der Waals surface area contributed by atoms with Crippen LogP contribution in [0.2, 0.25) is 5.15 Å². The number of nitrogens with zero attached hydrogens (tertiary/aromatic N) is 3. The summed E-state index contributed by atoms with van der Waals surface area (Å²) < 4.78 is 2.24. The number of pyridine rings is 1. The highest BCUT2D eigenvalue weighted by Gasteiger charge is 2.14. The maximum absolute atomic E-state index is 12.2. The summed E-state index contributed by atoms with van der Waals surface area (Å²) in [5.74, 6) is -0.00707. The third kappa shape index (κ3) is 3.51. The van der Waals surface area contributed by atoms with Crippen molar-refractivity contribution in [2.24, 2.45) is 0 Å². The van der Waals surface area contributed by atoms with Crippen molar-refractivity contribution in [2.75, 3.05) is 14.1 Å². The van der Waals surface area contributed by atoms with Gasteiger partial charge in [0, 0.05) is 43.5 Å². The van der Waals surface area contributed by atoms with Gasteiger partial charge in [0.1, 0.15) is 5.15 Å². The zero-order chi connectivity index (χ0) is 19.7. The number of carbonyl (C=O) groups excluding carboxylic acids is 1. The number of hydrogen-bond acceptors (Lipinski definition) is 2. The lowest BCUT2D eigenvalue weighted by atomic mass is 10.1. The van der Waals surface area contributed by atoms with Gasteiger partial charge in [0.2, 0.25) is 0 Å². The predicted molar refractivity (Wildman–Crippen MR) is 114 cm³/mol. The number of halogens is 1. The first kappa shape index (κ1) is 18.3. The zero-order valence-corrected chi connectivity index (χ0v) is 16.5. The fourth-order valence-corrected chi connectivity index (χ4v) is 3.50.